The minimum atomic E-state index is -0.527. The smallest absolute Gasteiger partial charge is 0.364 e. The molecule has 4 aromatic rings. The van der Waals surface area contributed by atoms with Gasteiger partial charge in [0.15, 0.2) is 0 Å². The molecule has 0 atom stereocenters. The second kappa shape index (κ2) is 11.2. The minimum Gasteiger partial charge on any atom is -0.497 e. The first-order chi connectivity index (χ1) is 18.1. The molecule has 192 valence electrons. The van der Waals surface area contributed by atoms with Crippen LogP contribution in [0.15, 0.2) is 61.2 Å². The van der Waals surface area contributed by atoms with Gasteiger partial charge in [-0.05, 0) is 73.9 Å². The molecule has 0 bridgehead atoms. The highest BCUT2D eigenvalue weighted by Crippen LogP contribution is 2.35. The van der Waals surface area contributed by atoms with Crippen LogP contribution in [0, 0.1) is 0 Å². The third kappa shape index (κ3) is 5.63. The summed E-state index contributed by atoms with van der Waals surface area (Å²) >= 11 is 0. The van der Waals surface area contributed by atoms with Crippen LogP contribution in [0.1, 0.15) is 60.1 Å². The van der Waals surface area contributed by atoms with Crippen molar-refractivity contribution in [2.75, 3.05) is 13.7 Å². The first-order valence-electron chi connectivity index (χ1n) is 12.5. The van der Waals surface area contributed by atoms with Gasteiger partial charge in [0, 0.05) is 5.69 Å². The maximum Gasteiger partial charge on any atom is 0.364 e. The SMILES string of the molecule is CCOC(=O)c1nnn(Cc2ccc(OC)cc2)c1OC1CCC(c2ccc(-n3cnnc3)cc2)CC1. The van der Waals surface area contributed by atoms with Crippen LogP contribution >= 0.6 is 0 Å². The number of benzene rings is 2. The van der Waals surface area contributed by atoms with Gasteiger partial charge in [0.05, 0.1) is 20.3 Å². The van der Waals surface area contributed by atoms with E-state index in [9.17, 15) is 4.79 Å². The number of rotatable bonds is 9. The van der Waals surface area contributed by atoms with Crippen molar-refractivity contribution in [3.63, 3.8) is 0 Å². The zero-order valence-corrected chi connectivity index (χ0v) is 21.0. The molecule has 0 saturated heterocycles. The fraction of sp³-hybridized carbons (Fsp3) is 0.370. The Morgan fingerprint density at radius 2 is 1.68 bits per heavy atom. The van der Waals surface area contributed by atoms with E-state index in [-0.39, 0.29) is 18.4 Å². The Bertz CT molecular complexity index is 1290. The lowest BCUT2D eigenvalue weighted by Crippen LogP contribution is -2.25. The predicted octanol–water partition coefficient (Wildman–Crippen LogP) is 4.20. The standard InChI is InChI=1S/C27H30N6O4/c1-3-36-27(34)25-26(33(31-30-25)16-19-4-12-23(35-2)13-5-19)37-24-14-8-21(9-15-24)20-6-10-22(11-7-20)32-17-28-29-18-32/h4-7,10-13,17-18,21,24H,3,8-9,14-16H2,1-2H3. The van der Waals surface area contributed by atoms with Gasteiger partial charge >= 0.3 is 5.97 Å². The molecule has 1 fully saturated rings. The number of carbonyl (C=O) groups excluding carboxylic acids is 1. The molecule has 1 saturated carbocycles. The van der Waals surface area contributed by atoms with E-state index in [2.05, 4.69) is 44.8 Å². The zero-order chi connectivity index (χ0) is 25.6. The average molecular weight is 503 g/mol. The van der Waals surface area contributed by atoms with Gasteiger partial charge in [0.2, 0.25) is 11.6 Å². The van der Waals surface area contributed by atoms with Crippen LogP contribution < -0.4 is 9.47 Å². The van der Waals surface area contributed by atoms with E-state index in [1.807, 2.05) is 28.8 Å². The Kier molecular flexibility index (Phi) is 7.43. The first kappa shape index (κ1) is 24.5. The van der Waals surface area contributed by atoms with Crippen LogP contribution in [0.4, 0.5) is 0 Å². The van der Waals surface area contributed by atoms with Gasteiger partial charge in [-0.25, -0.2) is 9.48 Å². The minimum absolute atomic E-state index is 0.0335. The van der Waals surface area contributed by atoms with E-state index in [1.165, 1.54) is 5.56 Å². The lowest BCUT2D eigenvalue weighted by molar-refractivity contribution is 0.0507. The van der Waals surface area contributed by atoms with E-state index in [1.54, 1.807) is 31.4 Å². The van der Waals surface area contributed by atoms with Crippen molar-refractivity contribution in [1.82, 2.24) is 29.8 Å². The van der Waals surface area contributed by atoms with Crippen LogP contribution in [0.2, 0.25) is 0 Å². The summed E-state index contributed by atoms with van der Waals surface area (Å²) in [6.07, 6.45) is 7.07. The molecule has 0 unspecified atom stereocenters. The Hall–Kier alpha value is -4.21. The van der Waals surface area contributed by atoms with Crippen molar-refractivity contribution in [2.24, 2.45) is 0 Å². The topological polar surface area (TPSA) is 106 Å². The summed E-state index contributed by atoms with van der Waals surface area (Å²) in [6.45, 7) is 2.44. The van der Waals surface area contributed by atoms with Crippen LogP contribution in [0.5, 0.6) is 11.6 Å². The Labute approximate surface area is 215 Å². The van der Waals surface area contributed by atoms with Gasteiger partial charge in [-0.3, -0.25) is 4.57 Å². The summed E-state index contributed by atoms with van der Waals surface area (Å²) < 4.78 is 20.4. The Morgan fingerprint density at radius 1 is 0.973 bits per heavy atom. The van der Waals surface area contributed by atoms with Crippen LogP contribution in [0.3, 0.4) is 0 Å². The summed E-state index contributed by atoms with van der Waals surface area (Å²) in [6, 6.07) is 16.2. The Balaban J connectivity index is 1.26. The lowest BCUT2D eigenvalue weighted by atomic mass is 9.82. The summed E-state index contributed by atoms with van der Waals surface area (Å²) in [4.78, 5) is 12.6. The second-order valence-corrected chi connectivity index (χ2v) is 9.02. The van der Waals surface area contributed by atoms with Crippen molar-refractivity contribution < 1.29 is 19.0 Å². The van der Waals surface area contributed by atoms with E-state index in [0.29, 0.717) is 18.3 Å². The van der Waals surface area contributed by atoms with E-state index >= 15 is 0 Å². The number of hydrogen-bond acceptors (Lipinski definition) is 8. The summed E-state index contributed by atoms with van der Waals surface area (Å²) in [5, 5.41) is 16.0. The molecule has 0 aliphatic heterocycles. The van der Waals surface area contributed by atoms with Gasteiger partial charge in [-0.2, -0.15) is 0 Å². The van der Waals surface area contributed by atoms with Crippen molar-refractivity contribution >= 4 is 5.97 Å². The van der Waals surface area contributed by atoms with E-state index < -0.39 is 5.97 Å². The highest BCUT2D eigenvalue weighted by molar-refractivity contribution is 5.89. The maximum atomic E-state index is 12.6. The molecule has 10 nitrogen and oxygen atoms in total. The number of hydrogen-bond donors (Lipinski definition) is 0. The van der Waals surface area contributed by atoms with Crippen molar-refractivity contribution in [2.45, 2.75) is 51.2 Å². The van der Waals surface area contributed by atoms with Gasteiger partial charge in [0.25, 0.3) is 0 Å². The molecular weight excluding hydrogens is 472 g/mol. The molecule has 37 heavy (non-hydrogen) atoms. The fourth-order valence-electron chi connectivity index (χ4n) is 4.68. The van der Waals surface area contributed by atoms with Crippen molar-refractivity contribution in [3.8, 4) is 17.3 Å². The van der Waals surface area contributed by atoms with Crippen LogP contribution in [-0.4, -0.2) is 55.5 Å². The second-order valence-electron chi connectivity index (χ2n) is 9.02. The molecular formula is C27H30N6O4. The van der Waals surface area contributed by atoms with Crippen LogP contribution in [0.25, 0.3) is 5.69 Å². The highest BCUT2D eigenvalue weighted by atomic mass is 16.5. The zero-order valence-electron chi connectivity index (χ0n) is 21.0. The molecule has 0 amide bonds. The number of ether oxygens (including phenoxy) is 3. The predicted molar refractivity (Wildman–Crippen MR) is 135 cm³/mol. The van der Waals surface area contributed by atoms with Gasteiger partial charge < -0.3 is 14.2 Å². The highest BCUT2D eigenvalue weighted by Gasteiger charge is 2.29. The van der Waals surface area contributed by atoms with Gasteiger partial charge in [0.1, 0.15) is 24.5 Å². The molecule has 1 aliphatic carbocycles. The van der Waals surface area contributed by atoms with E-state index in [0.717, 1.165) is 42.7 Å². The van der Waals surface area contributed by atoms with Crippen molar-refractivity contribution in [3.05, 3.63) is 78.0 Å². The number of aromatic nitrogens is 6. The van der Waals surface area contributed by atoms with E-state index in [4.69, 9.17) is 14.2 Å². The Morgan fingerprint density at radius 3 is 2.32 bits per heavy atom. The number of esters is 1. The molecule has 2 heterocycles. The molecule has 0 spiro atoms. The molecule has 2 aromatic carbocycles. The summed E-state index contributed by atoms with van der Waals surface area (Å²) in [5.41, 5.74) is 3.45. The molecule has 5 rings (SSSR count). The average Bonchev–Trinajstić information content (AvgIpc) is 3.61. The fourth-order valence-corrected chi connectivity index (χ4v) is 4.68. The molecule has 0 N–H and O–H groups in total. The van der Waals surface area contributed by atoms with Crippen LogP contribution in [-0.2, 0) is 11.3 Å². The molecule has 1 aliphatic rings. The molecule has 10 heteroatoms. The van der Waals surface area contributed by atoms with Crippen molar-refractivity contribution in [1.29, 1.82) is 0 Å². The summed E-state index contributed by atoms with van der Waals surface area (Å²) in [7, 11) is 1.63. The normalized spacial score (nSPS) is 17.4. The van der Waals surface area contributed by atoms with Gasteiger partial charge in [-0.1, -0.05) is 29.5 Å². The quantitative estimate of drug-likeness (QED) is 0.314. The maximum absolute atomic E-state index is 12.6. The third-order valence-electron chi connectivity index (χ3n) is 6.68. The largest absolute Gasteiger partial charge is 0.497 e. The lowest BCUT2D eigenvalue weighted by Gasteiger charge is -2.29. The number of carbonyl (C=O) groups is 1. The molecule has 0 radical (unpaired) electrons. The summed E-state index contributed by atoms with van der Waals surface area (Å²) in [5.74, 6) is 1.06. The third-order valence-corrected chi connectivity index (χ3v) is 6.68. The van der Waals surface area contributed by atoms with Gasteiger partial charge in [-0.15, -0.1) is 15.3 Å². The first-order valence-corrected chi connectivity index (χ1v) is 12.5. The monoisotopic (exact) mass is 502 g/mol. The number of nitrogens with zero attached hydrogens (tertiary/aromatic N) is 6. The number of methoxy groups -OCH3 is 1. The molecule has 2 aromatic heterocycles.